The zero-order valence-electron chi connectivity index (χ0n) is 12.4. The lowest BCUT2D eigenvalue weighted by Crippen LogP contribution is -2.48. The second-order valence-corrected chi connectivity index (χ2v) is 5.49. The largest absolute Gasteiger partial charge is 0.405 e. The van der Waals surface area contributed by atoms with Gasteiger partial charge >= 0.3 is 12.2 Å². The van der Waals surface area contributed by atoms with Gasteiger partial charge in [-0.25, -0.2) is 4.79 Å². The number of nitrogens with one attached hydrogen (secondary N) is 2. The highest BCUT2D eigenvalue weighted by molar-refractivity contribution is 5.74. The third-order valence-corrected chi connectivity index (χ3v) is 3.73. The van der Waals surface area contributed by atoms with Gasteiger partial charge in [0.2, 0.25) is 0 Å². The van der Waals surface area contributed by atoms with Gasteiger partial charge in [-0.15, -0.1) is 0 Å². The Morgan fingerprint density at radius 1 is 1.27 bits per heavy atom. The molecule has 0 aromatic heterocycles. The van der Waals surface area contributed by atoms with Crippen molar-refractivity contribution < 1.29 is 18.0 Å². The maximum Gasteiger partial charge on any atom is 0.405 e. The molecule has 1 aromatic carbocycles. The summed E-state index contributed by atoms with van der Waals surface area (Å²) < 4.78 is 36.2. The number of benzene rings is 1. The van der Waals surface area contributed by atoms with Crippen LogP contribution in [0.1, 0.15) is 18.4 Å². The lowest BCUT2D eigenvalue weighted by atomic mass is 10.0. The molecule has 0 spiro atoms. The summed E-state index contributed by atoms with van der Waals surface area (Å²) in [6.45, 7) is 1.63. The number of rotatable bonds is 3. The molecule has 0 atom stereocenters. The number of para-hydroxylation sites is 1. The molecule has 7 heteroatoms. The van der Waals surface area contributed by atoms with Crippen molar-refractivity contribution >= 4 is 11.7 Å². The molecule has 1 aliphatic heterocycles. The first-order valence-corrected chi connectivity index (χ1v) is 7.27. The molecule has 2 amide bonds. The molecule has 0 saturated carbocycles. The second kappa shape index (κ2) is 6.89. The Morgan fingerprint density at radius 3 is 2.50 bits per heavy atom. The number of likely N-dealkylation sites (tertiary alicyclic amines) is 1. The minimum Gasteiger partial charge on any atom is -0.382 e. The first-order chi connectivity index (χ1) is 10.3. The fourth-order valence-electron chi connectivity index (χ4n) is 2.47. The minimum absolute atomic E-state index is 0.229. The van der Waals surface area contributed by atoms with Crippen molar-refractivity contribution in [3.8, 4) is 0 Å². The van der Waals surface area contributed by atoms with Crippen molar-refractivity contribution in [2.45, 2.75) is 32.0 Å². The molecule has 1 aliphatic rings. The van der Waals surface area contributed by atoms with Gasteiger partial charge in [0.1, 0.15) is 6.54 Å². The number of carbonyl (C=O) groups is 1. The van der Waals surface area contributed by atoms with Gasteiger partial charge in [-0.05, 0) is 31.4 Å². The van der Waals surface area contributed by atoms with Crippen molar-refractivity contribution in [1.82, 2.24) is 10.2 Å². The van der Waals surface area contributed by atoms with Crippen LogP contribution in [0.2, 0.25) is 0 Å². The summed E-state index contributed by atoms with van der Waals surface area (Å²) in [5.74, 6) is 0. The number of anilines is 1. The Labute approximate surface area is 127 Å². The lowest BCUT2D eigenvalue weighted by Gasteiger charge is -2.33. The number of hydrogen-bond acceptors (Lipinski definition) is 2. The van der Waals surface area contributed by atoms with E-state index in [9.17, 15) is 18.0 Å². The van der Waals surface area contributed by atoms with Crippen LogP contribution in [0.5, 0.6) is 0 Å². The monoisotopic (exact) mass is 315 g/mol. The van der Waals surface area contributed by atoms with Crippen LogP contribution in [0.4, 0.5) is 23.7 Å². The predicted molar refractivity (Wildman–Crippen MR) is 78.9 cm³/mol. The van der Waals surface area contributed by atoms with E-state index in [0.717, 1.165) is 11.3 Å². The van der Waals surface area contributed by atoms with E-state index in [4.69, 9.17) is 0 Å². The molecular formula is C15H20F3N3O. The van der Waals surface area contributed by atoms with Crippen molar-refractivity contribution in [1.29, 1.82) is 0 Å². The Kier molecular flexibility index (Phi) is 5.15. The Morgan fingerprint density at radius 2 is 1.91 bits per heavy atom. The summed E-state index contributed by atoms with van der Waals surface area (Å²) >= 11 is 0. The van der Waals surface area contributed by atoms with Gasteiger partial charge in [-0.3, -0.25) is 0 Å². The van der Waals surface area contributed by atoms with Crippen LogP contribution in [0.15, 0.2) is 24.3 Å². The van der Waals surface area contributed by atoms with Crippen LogP contribution >= 0.6 is 0 Å². The second-order valence-electron chi connectivity index (χ2n) is 5.49. The van der Waals surface area contributed by atoms with Gasteiger partial charge in [-0.2, -0.15) is 13.2 Å². The van der Waals surface area contributed by atoms with Crippen molar-refractivity contribution in [2.75, 3.05) is 25.0 Å². The van der Waals surface area contributed by atoms with Gasteiger partial charge < -0.3 is 15.5 Å². The molecule has 22 heavy (non-hydrogen) atoms. The molecule has 1 fully saturated rings. The van der Waals surface area contributed by atoms with Gasteiger partial charge in [0.25, 0.3) is 0 Å². The van der Waals surface area contributed by atoms with Crippen molar-refractivity contribution in [2.24, 2.45) is 0 Å². The molecule has 1 heterocycles. The van der Waals surface area contributed by atoms with Gasteiger partial charge in [0.15, 0.2) is 0 Å². The predicted octanol–water partition coefficient (Wildman–Crippen LogP) is 3.14. The molecule has 0 aliphatic carbocycles. The number of halogens is 3. The topological polar surface area (TPSA) is 44.4 Å². The Bertz CT molecular complexity index is 511. The normalized spacial score (nSPS) is 16.5. The summed E-state index contributed by atoms with van der Waals surface area (Å²) in [5, 5.41) is 5.33. The number of nitrogens with zero attached hydrogens (tertiary/aromatic N) is 1. The smallest absolute Gasteiger partial charge is 0.382 e. The molecule has 1 aromatic rings. The number of aryl methyl sites for hydroxylation is 1. The van der Waals surface area contributed by atoms with Crippen LogP contribution in [-0.2, 0) is 0 Å². The molecule has 1 saturated heterocycles. The highest BCUT2D eigenvalue weighted by Crippen LogP contribution is 2.20. The highest BCUT2D eigenvalue weighted by atomic mass is 19.4. The molecular weight excluding hydrogens is 295 g/mol. The number of alkyl halides is 3. The van der Waals surface area contributed by atoms with E-state index in [1.165, 1.54) is 4.90 Å². The van der Waals surface area contributed by atoms with Crippen LogP contribution in [0.3, 0.4) is 0 Å². The Balaban J connectivity index is 1.78. The van der Waals surface area contributed by atoms with Crippen LogP contribution < -0.4 is 10.6 Å². The van der Waals surface area contributed by atoms with Gasteiger partial charge in [0.05, 0.1) is 0 Å². The van der Waals surface area contributed by atoms with Crippen LogP contribution in [0.25, 0.3) is 0 Å². The minimum atomic E-state index is -4.37. The average Bonchev–Trinajstić information content (AvgIpc) is 2.47. The number of carbonyl (C=O) groups excluding carboxylic acids is 1. The first-order valence-electron chi connectivity index (χ1n) is 7.27. The fourth-order valence-corrected chi connectivity index (χ4v) is 2.47. The zero-order chi connectivity index (χ0) is 16.2. The lowest BCUT2D eigenvalue weighted by molar-refractivity contribution is -0.123. The van der Waals surface area contributed by atoms with Crippen molar-refractivity contribution in [3.63, 3.8) is 0 Å². The first kappa shape index (κ1) is 16.5. The third-order valence-electron chi connectivity index (χ3n) is 3.73. The SMILES string of the molecule is Cc1ccccc1NC1CCN(C(=O)NCC(F)(F)F)CC1. The molecule has 2 N–H and O–H groups in total. The van der Waals surface area contributed by atoms with Crippen molar-refractivity contribution in [3.05, 3.63) is 29.8 Å². The van der Waals surface area contributed by atoms with E-state index in [1.807, 2.05) is 36.5 Å². The summed E-state index contributed by atoms with van der Waals surface area (Å²) in [5.41, 5.74) is 2.20. The number of amides is 2. The Hall–Kier alpha value is -1.92. The number of piperidine rings is 1. The third kappa shape index (κ3) is 4.82. The summed E-state index contributed by atoms with van der Waals surface area (Å²) in [6.07, 6.45) is -2.94. The maximum atomic E-state index is 12.1. The number of urea groups is 1. The summed E-state index contributed by atoms with van der Waals surface area (Å²) in [6, 6.07) is 7.52. The van der Waals surface area contributed by atoms with E-state index >= 15 is 0 Å². The average molecular weight is 315 g/mol. The summed E-state index contributed by atoms with van der Waals surface area (Å²) in [7, 11) is 0. The zero-order valence-corrected chi connectivity index (χ0v) is 12.4. The molecule has 4 nitrogen and oxygen atoms in total. The van der Waals surface area contributed by atoms with Gasteiger partial charge in [0, 0.05) is 24.8 Å². The van der Waals surface area contributed by atoms with E-state index in [2.05, 4.69) is 5.32 Å². The van der Waals surface area contributed by atoms with Gasteiger partial charge in [-0.1, -0.05) is 18.2 Å². The van der Waals surface area contributed by atoms with Crippen LogP contribution in [0, 0.1) is 6.92 Å². The van der Waals surface area contributed by atoms with E-state index in [1.54, 1.807) is 0 Å². The molecule has 0 radical (unpaired) electrons. The van der Waals surface area contributed by atoms with E-state index in [-0.39, 0.29) is 6.04 Å². The van der Waals surface area contributed by atoms with E-state index in [0.29, 0.717) is 25.9 Å². The quantitative estimate of drug-likeness (QED) is 0.900. The maximum absolute atomic E-state index is 12.1. The highest BCUT2D eigenvalue weighted by Gasteiger charge is 2.30. The summed E-state index contributed by atoms with van der Waals surface area (Å²) in [4.78, 5) is 13.1. The molecule has 0 bridgehead atoms. The van der Waals surface area contributed by atoms with E-state index < -0.39 is 18.8 Å². The molecule has 122 valence electrons. The fraction of sp³-hybridized carbons (Fsp3) is 0.533. The van der Waals surface area contributed by atoms with Crippen LogP contribution in [-0.4, -0.2) is 42.8 Å². The standard InChI is InChI=1S/C15H20F3N3O/c1-11-4-2-3-5-13(11)20-12-6-8-21(9-7-12)14(22)19-10-15(16,17)18/h2-5,12,20H,6-10H2,1H3,(H,19,22). The molecule has 0 unspecified atom stereocenters. The molecule has 2 rings (SSSR count). The number of hydrogen-bond donors (Lipinski definition) is 2.